The topological polar surface area (TPSA) is 46.9 Å². The van der Waals surface area contributed by atoms with Crippen molar-refractivity contribution in [3.63, 3.8) is 0 Å². The summed E-state index contributed by atoms with van der Waals surface area (Å²) in [5, 5.41) is 18.2. The van der Waals surface area contributed by atoms with E-state index in [4.69, 9.17) is 10.2 Å². The second kappa shape index (κ2) is 8.63. The highest BCUT2D eigenvalue weighted by atomic mass is 16.3. The zero-order valence-corrected chi connectivity index (χ0v) is 12.4. The standard InChI is InChI=1S/C16H28N2O2/c19-13-11-17(15-5-3-6-15)9-1-2-10-18(12-14-20)16-7-4-8-16/h15-16,19-20H,3-14H2. The van der Waals surface area contributed by atoms with E-state index in [-0.39, 0.29) is 13.2 Å². The molecule has 2 fully saturated rings. The fourth-order valence-corrected chi connectivity index (χ4v) is 2.86. The highest BCUT2D eigenvalue weighted by Crippen LogP contribution is 2.24. The van der Waals surface area contributed by atoms with E-state index in [2.05, 4.69) is 21.6 Å². The number of rotatable bonds is 8. The fraction of sp³-hybridized carbons (Fsp3) is 0.875. The molecule has 20 heavy (non-hydrogen) atoms. The minimum atomic E-state index is 0.219. The Balaban J connectivity index is 1.73. The predicted octanol–water partition coefficient (Wildman–Crippen LogP) is 0.683. The lowest BCUT2D eigenvalue weighted by molar-refractivity contribution is 0.113. The quantitative estimate of drug-likeness (QED) is 0.642. The zero-order chi connectivity index (χ0) is 14.2. The number of aliphatic hydroxyl groups is 2. The molecule has 2 rings (SSSR count). The Kier molecular flexibility index (Phi) is 6.81. The third-order valence-electron chi connectivity index (χ3n) is 4.65. The van der Waals surface area contributed by atoms with Crippen LogP contribution in [0.15, 0.2) is 0 Å². The smallest absolute Gasteiger partial charge is 0.0605 e. The summed E-state index contributed by atoms with van der Waals surface area (Å²) in [6.07, 6.45) is 7.62. The summed E-state index contributed by atoms with van der Waals surface area (Å²) in [4.78, 5) is 4.60. The first kappa shape index (κ1) is 15.8. The van der Waals surface area contributed by atoms with E-state index in [0.29, 0.717) is 12.1 Å². The van der Waals surface area contributed by atoms with Crippen molar-refractivity contribution in [3.8, 4) is 11.8 Å². The molecule has 0 saturated heterocycles. The van der Waals surface area contributed by atoms with Crippen molar-refractivity contribution in [2.45, 2.75) is 50.6 Å². The van der Waals surface area contributed by atoms with Gasteiger partial charge in [0, 0.05) is 25.2 Å². The van der Waals surface area contributed by atoms with E-state index < -0.39 is 0 Å². The lowest BCUT2D eigenvalue weighted by Gasteiger charge is -2.36. The van der Waals surface area contributed by atoms with Gasteiger partial charge in [0.15, 0.2) is 0 Å². The first-order chi connectivity index (χ1) is 9.85. The molecule has 0 aromatic rings. The van der Waals surface area contributed by atoms with E-state index in [1.807, 2.05) is 0 Å². The molecular formula is C16H28N2O2. The first-order valence-electron chi connectivity index (χ1n) is 8.00. The highest BCUT2D eigenvalue weighted by Gasteiger charge is 2.24. The van der Waals surface area contributed by atoms with Gasteiger partial charge in [-0.1, -0.05) is 24.7 Å². The molecule has 2 N–H and O–H groups in total. The summed E-state index contributed by atoms with van der Waals surface area (Å²) in [6, 6.07) is 1.27. The molecule has 114 valence electrons. The van der Waals surface area contributed by atoms with Crippen LogP contribution in [0.25, 0.3) is 0 Å². The molecule has 0 heterocycles. The van der Waals surface area contributed by atoms with Crippen LogP contribution in [0.1, 0.15) is 38.5 Å². The van der Waals surface area contributed by atoms with Crippen LogP contribution in [0, 0.1) is 11.8 Å². The molecule has 2 aliphatic rings. The lowest BCUT2D eigenvalue weighted by atomic mass is 9.91. The van der Waals surface area contributed by atoms with Crippen molar-refractivity contribution in [1.29, 1.82) is 0 Å². The highest BCUT2D eigenvalue weighted by molar-refractivity contribution is 5.05. The summed E-state index contributed by atoms with van der Waals surface area (Å²) >= 11 is 0. The van der Waals surface area contributed by atoms with Gasteiger partial charge in [-0.3, -0.25) is 9.80 Å². The second-order valence-electron chi connectivity index (χ2n) is 5.91. The van der Waals surface area contributed by atoms with Gasteiger partial charge in [-0.2, -0.15) is 0 Å². The monoisotopic (exact) mass is 280 g/mol. The number of aliphatic hydroxyl groups excluding tert-OH is 2. The van der Waals surface area contributed by atoms with Crippen molar-refractivity contribution in [3.05, 3.63) is 0 Å². The maximum atomic E-state index is 9.11. The number of hydrogen-bond acceptors (Lipinski definition) is 4. The van der Waals surface area contributed by atoms with Crippen molar-refractivity contribution in [2.24, 2.45) is 0 Å². The third-order valence-corrected chi connectivity index (χ3v) is 4.65. The average molecular weight is 280 g/mol. The van der Waals surface area contributed by atoms with E-state index in [1.54, 1.807) is 0 Å². The van der Waals surface area contributed by atoms with Crippen LogP contribution < -0.4 is 0 Å². The normalized spacial score (nSPS) is 19.6. The van der Waals surface area contributed by atoms with Gasteiger partial charge in [-0.25, -0.2) is 0 Å². The van der Waals surface area contributed by atoms with Gasteiger partial charge in [0.25, 0.3) is 0 Å². The maximum absolute atomic E-state index is 9.11. The lowest BCUT2D eigenvalue weighted by Crippen LogP contribution is -2.42. The molecule has 0 aromatic heterocycles. The molecule has 2 saturated carbocycles. The largest absolute Gasteiger partial charge is 0.395 e. The first-order valence-corrected chi connectivity index (χ1v) is 8.00. The van der Waals surface area contributed by atoms with Crippen molar-refractivity contribution < 1.29 is 10.2 Å². The Hall–Kier alpha value is -0.600. The molecule has 0 bridgehead atoms. The minimum absolute atomic E-state index is 0.219. The van der Waals surface area contributed by atoms with Gasteiger partial charge in [0.2, 0.25) is 0 Å². The summed E-state index contributed by atoms with van der Waals surface area (Å²) < 4.78 is 0. The third kappa shape index (κ3) is 4.46. The Labute approximate surface area is 122 Å². The molecular weight excluding hydrogens is 252 g/mol. The molecule has 4 nitrogen and oxygen atoms in total. The van der Waals surface area contributed by atoms with Crippen LogP contribution in [0.5, 0.6) is 0 Å². The Morgan fingerprint density at radius 1 is 0.750 bits per heavy atom. The maximum Gasteiger partial charge on any atom is 0.0605 e. The summed E-state index contributed by atoms with van der Waals surface area (Å²) in [5.74, 6) is 6.51. The van der Waals surface area contributed by atoms with Crippen LogP contribution in [-0.2, 0) is 0 Å². The van der Waals surface area contributed by atoms with Crippen LogP contribution in [0.3, 0.4) is 0 Å². The minimum Gasteiger partial charge on any atom is -0.395 e. The second-order valence-corrected chi connectivity index (χ2v) is 5.91. The van der Waals surface area contributed by atoms with Gasteiger partial charge in [0.1, 0.15) is 0 Å². The van der Waals surface area contributed by atoms with Crippen LogP contribution >= 0.6 is 0 Å². The number of nitrogens with zero attached hydrogens (tertiary/aromatic N) is 2. The van der Waals surface area contributed by atoms with E-state index in [0.717, 1.165) is 26.2 Å². The summed E-state index contributed by atoms with van der Waals surface area (Å²) in [6.45, 7) is 3.45. The van der Waals surface area contributed by atoms with Crippen LogP contribution in [0.4, 0.5) is 0 Å². The molecule has 0 atom stereocenters. The van der Waals surface area contributed by atoms with E-state index in [1.165, 1.54) is 38.5 Å². The predicted molar refractivity (Wildman–Crippen MR) is 80.4 cm³/mol. The van der Waals surface area contributed by atoms with E-state index >= 15 is 0 Å². The fourth-order valence-electron chi connectivity index (χ4n) is 2.86. The van der Waals surface area contributed by atoms with Gasteiger partial charge in [0.05, 0.1) is 26.3 Å². The average Bonchev–Trinajstić information content (AvgIpc) is 2.30. The molecule has 2 aliphatic carbocycles. The molecule has 0 radical (unpaired) electrons. The Morgan fingerprint density at radius 2 is 1.15 bits per heavy atom. The van der Waals surface area contributed by atoms with Gasteiger partial charge < -0.3 is 10.2 Å². The molecule has 0 unspecified atom stereocenters. The summed E-state index contributed by atoms with van der Waals surface area (Å²) in [7, 11) is 0. The van der Waals surface area contributed by atoms with Crippen LogP contribution in [-0.4, -0.2) is 71.5 Å². The van der Waals surface area contributed by atoms with Crippen molar-refractivity contribution in [1.82, 2.24) is 9.80 Å². The Bertz CT molecular complexity index is 299. The summed E-state index contributed by atoms with van der Waals surface area (Å²) in [5.41, 5.74) is 0. The molecule has 0 aromatic carbocycles. The molecule has 0 aliphatic heterocycles. The molecule has 0 amide bonds. The van der Waals surface area contributed by atoms with Gasteiger partial charge >= 0.3 is 0 Å². The van der Waals surface area contributed by atoms with Crippen molar-refractivity contribution >= 4 is 0 Å². The van der Waals surface area contributed by atoms with Crippen LogP contribution in [0.2, 0.25) is 0 Å². The van der Waals surface area contributed by atoms with Crippen molar-refractivity contribution in [2.75, 3.05) is 39.4 Å². The SMILES string of the molecule is OCCN(CC#CCN(CCO)C1CCC1)C1CCC1. The van der Waals surface area contributed by atoms with Gasteiger partial charge in [-0.15, -0.1) is 0 Å². The zero-order valence-electron chi connectivity index (χ0n) is 12.4. The van der Waals surface area contributed by atoms with Gasteiger partial charge in [-0.05, 0) is 25.7 Å². The molecule has 0 spiro atoms. The Morgan fingerprint density at radius 3 is 1.40 bits per heavy atom. The number of hydrogen-bond donors (Lipinski definition) is 2. The molecule has 4 heteroatoms. The van der Waals surface area contributed by atoms with E-state index in [9.17, 15) is 0 Å².